The lowest BCUT2D eigenvalue weighted by atomic mass is 9.97. The van der Waals surface area contributed by atoms with E-state index in [4.69, 9.17) is 21.2 Å². The maximum Gasteiger partial charge on any atom is 0.234 e. The van der Waals surface area contributed by atoms with Crippen LogP contribution in [0, 0.1) is 13.8 Å². The predicted molar refractivity (Wildman–Crippen MR) is 132 cm³/mol. The molecule has 0 radical (unpaired) electrons. The molecule has 1 aromatic carbocycles. The molecule has 1 saturated heterocycles. The number of rotatable bonds is 8. The smallest absolute Gasteiger partial charge is 0.234 e. The molecule has 3 heterocycles. The molecule has 0 aliphatic carbocycles. The summed E-state index contributed by atoms with van der Waals surface area (Å²) in [6, 6.07) is 9.61. The number of hydrogen-bond acceptors (Lipinski definition) is 8. The Labute approximate surface area is 198 Å². The lowest BCUT2D eigenvalue weighted by Crippen LogP contribution is -2.38. The third-order valence-corrected chi connectivity index (χ3v) is 6.53. The molecule has 0 saturated carbocycles. The Bertz CT molecular complexity index is 1130. The molecule has 4 rings (SSSR count). The van der Waals surface area contributed by atoms with Gasteiger partial charge in [-0.1, -0.05) is 12.1 Å². The number of pyridine rings is 1. The standard InChI is InChI=1S/C24H30N6O2S/c1-15-3-4-18(11-19(15)12-20(25)23(26)31)21-9-17(14-30-5-7-32-8-6-30)10-22(28-21)29-24-27-13-16(2)33-24/h3-4,9-11,13,20H,5-8,12,14,25H2,1-2H3,(H2,26,31)(H,27,28,29)/t20-/m0/s1. The van der Waals surface area contributed by atoms with Gasteiger partial charge in [0.05, 0.1) is 24.9 Å². The number of aromatic nitrogens is 2. The monoisotopic (exact) mass is 466 g/mol. The highest BCUT2D eigenvalue weighted by atomic mass is 32.1. The van der Waals surface area contributed by atoms with Crippen molar-refractivity contribution in [2.75, 3.05) is 31.6 Å². The maximum absolute atomic E-state index is 11.5. The van der Waals surface area contributed by atoms with E-state index >= 15 is 0 Å². The third-order valence-electron chi connectivity index (χ3n) is 5.70. The summed E-state index contributed by atoms with van der Waals surface area (Å²) >= 11 is 1.59. The van der Waals surface area contributed by atoms with Crippen LogP contribution in [0.3, 0.4) is 0 Å². The van der Waals surface area contributed by atoms with Gasteiger partial charge in [0, 0.05) is 36.3 Å². The van der Waals surface area contributed by atoms with E-state index in [1.807, 2.05) is 32.2 Å². The number of carbonyl (C=O) groups excluding carboxylic acids is 1. The molecular formula is C24H30N6O2S. The molecule has 1 fully saturated rings. The zero-order chi connectivity index (χ0) is 23.4. The topological polar surface area (TPSA) is 119 Å². The number of hydrogen-bond donors (Lipinski definition) is 3. The van der Waals surface area contributed by atoms with Crippen LogP contribution < -0.4 is 16.8 Å². The van der Waals surface area contributed by atoms with Gasteiger partial charge in [-0.2, -0.15) is 0 Å². The van der Waals surface area contributed by atoms with Gasteiger partial charge in [-0.25, -0.2) is 9.97 Å². The minimum atomic E-state index is -0.718. The van der Waals surface area contributed by atoms with Crippen LogP contribution in [0.4, 0.5) is 10.9 Å². The number of nitrogens with two attached hydrogens (primary N) is 2. The zero-order valence-corrected chi connectivity index (χ0v) is 19.8. The number of primary amides is 1. The highest BCUT2D eigenvalue weighted by Gasteiger charge is 2.16. The van der Waals surface area contributed by atoms with Crippen molar-refractivity contribution in [3.05, 3.63) is 58.1 Å². The van der Waals surface area contributed by atoms with Crippen LogP contribution in [-0.4, -0.2) is 53.1 Å². The number of aryl methyl sites for hydroxylation is 2. The number of nitrogens with zero attached hydrogens (tertiary/aromatic N) is 3. The molecule has 1 amide bonds. The highest BCUT2D eigenvalue weighted by Crippen LogP contribution is 2.28. The molecule has 5 N–H and O–H groups in total. The van der Waals surface area contributed by atoms with Crippen LogP contribution >= 0.6 is 11.3 Å². The molecule has 0 bridgehead atoms. The lowest BCUT2D eigenvalue weighted by Gasteiger charge is -2.26. The minimum Gasteiger partial charge on any atom is -0.379 e. The van der Waals surface area contributed by atoms with E-state index < -0.39 is 11.9 Å². The SMILES string of the molecule is Cc1cnc(Nc2cc(CN3CCOCC3)cc(-c3ccc(C)c(C[C@H](N)C(N)=O)c3)n2)s1. The number of amides is 1. The normalized spacial score (nSPS) is 15.4. The molecule has 3 aromatic rings. The molecule has 0 spiro atoms. The number of thiazole rings is 1. The van der Waals surface area contributed by atoms with Crippen molar-refractivity contribution < 1.29 is 9.53 Å². The number of benzene rings is 1. The first kappa shape index (κ1) is 23.3. The van der Waals surface area contributed by atoms with E-state index in [1.165, 1.54) is 0 Å². The third kappa shape index (κ3) is 6.14. The summed E-state index contributed by atoms with van der Waals surface area (Å²) in [6.45, 7) is 8.17. The second kappa shape index (κ2) is 10.4. The number of morpholine rings is 1. The molecule has 2 aromatic heterocycles. The zero-order valence-electron chi connectivity index (χ0n) is 19.0. The number of anilines is 2. The van der Waals surface area contributed by atoms with Gasteiger partial charge in [-0.15, -0.1) is 11.3 Å². The van der Waals surface area contributed by atoms with Crippen molar-refractivity contribution in [1.82, 2.24) is 14.9 Å². The van der Waals surface area contributed by atoms with Gasteiger partial charge in [0.1, 0.15) is 5.82 Å². The van der Waals surface area contributed by atoms with Crippen molar-refractivity contribution in [3.63, 3.8) is 0 Å². The van der Waals surface area contributed by atoms with Gasteiger partial charge >= 0.3 is 0 Å². The van der Waals surface area contributed by atoms with E-state index in [0.717, 1.165) is 76.6 Å². The largest absolute Gasteiger partial charge is 0.379 e. The predicted octanol–water partition coefficient (Wildman–Crippen LogP) is 2.75. The Morgan fingerprint density at radius 3 is 2.73 bits per heavy atom. The number of carbonyl (C=O) groups is 1. The fourth-order valence-electron chi connectivity index (χ4n) is 3.82. The quantitative estimate of drug-likeness (QED) is 0.467. The van der Waals surface area contributed by atoms with Gasteiger partial charge in [0.25, 0.3) is 0 Å². The van der Waals surface area contributed by atoms with Crippen LogP contribution in [0.5, 0.6) is 0 Å². The average Bonchev–Trinajstić information content (AvgIpc) is 3.20. The first-order valence-electron chi connectivity index (χ1n) is 11.0. The lowest BCUT2D eigenvalue weighted by molar-refractivity contribution is -0.119. The first-order chi connectivity index (χ1) is 15.9. The van der Waals surface area contributed by atoms with Gasteiger partial charge in [0.2, 0.25) is 5.91 Å². The molecule has 1 atom stereocenters. The van der Waals surface area contributed by atoms with Crippen LogP contribution in [0.1, 0.15) is 21.6 Å². The van der Waals surface area contributed by atoms with Crippen LogP contribution in [0.2, 0.25) is 0 Å². The van der Waals surface area contributed by atoms with Gasteiger partial charge < -0.3 is 21.5 Å². The Balaban J connectivity index is 1.67. The Morgan fingerprint density at radius 1 is 1.24 bits per heavy atom. The fourth-order valence-corrected chi connectivity index (χ4v) is 4.49. The Hall–Kier alpha value is -2.85. The Morgan fingerprint density at radius 2 is 2.03 bits per heavy atom. The summed E-state index contributed by atoms with van der Waals surface area (Å²) < 4.78 is 5.49. The summed E-state index contributed by atoms with van der Waals surface area (Å²) in [4.78, 5) is 24.3. The first-order valence-corrected chi connectivity index (χ1v) is 11.8. The summed E-state index contributed by atoms with van der Waals surface area (Å²) in [5, 5.41) is 4.17. The molecule has 9 heteroatoms. The molecule has 33 heavy (non-hydrogen) atoms. The number of ether oxygens (including phenoxy) is 1. The van der Waals surface area contributed by atoms with E-state index in [2.05, 4.69) is 33.4 Å². The molecule has 1 aliphatic rings. The van der Waals surface area contributed by atoms with Gasteiger partial charge in [-0.05, 0) is 55.2 Å². The van der Waals surface area contributed by atoms with E-state index in [1.54, 1.807) is 11.3 Å². The van der Waals surface area contributed by atoms with Gasteiger partial charge in [-0.3, -0.25) is 9.69 Å². The van der Waals surface area contributed by atoms with Crippen LogP contribution in [0.25, 0.3) is 11.3 Å². The Kier molecular flexibility index (Phi) is 7.34. The second-order valence-corrected chi connectivity index (χ2v) is 9.62. The fraction of sp³-hybridized carbons (Fsp3) is 0.375. The maximum atomic E-state index is 11.5. The van der Waals surface area contributed by atoms with Crippen molar-refractivity contribution in [3.8, 4) is 11.3 Å². The highest BCUT2D eigenvalue weighted by molar-refractivity contribution is 7.15. The molecule has 1 aliphatic heterocycles. The van der Waals surface area contributed by atoms with Crippen molar-refractivity contribution in [1.29, 1.82) is 0 Å². The molecular weight excluding hydrogens is 436 g/mol. The van der Waals surface area contributed by atoms with Gasteiger partial charge in [0.15, 0.2) is 5.13 Å². The summed E-state index contributed by atoms with van der Waals surface area (Å²) in [6.07, 6.45) is 2.24. The summed E-state index contributed by atoms with van der Waals surface area (Å²) in [5.74, 6) is 0.247. The minimum absolute atomic E-state index is 0.395. The second-order valence-electron chi connectivity index (χ2n) is 8.39. The van der Waals surface area contributed by atoms with E-state index in [9.17, 15) is 4.79 Å². The van der Waals surface area contributed by atoms with Crippen LogP contribution in [0.15, 0.2) is 36.5 Å². The van der Waals surface area contributed by atoms with E-state index in [-0.39, 0.29) is 0 Å². The molecule has 8 nitrogen and oxygen atoms in total. The van der Waals surface area contributed by atoms with Crippen molar-refractivity contribution in [2.24, 2.45) is 11.5 Å². The van der Waals surface area contributed by atoms with Crippen LogP contribution in [-0.2, 0) is 22.5 Å². The molecule has 174 valence electrons. The molecule has 0 unspecified atom stereocenters. The average molecular weight is 467 g/mol. The van der Waals surface area contributed by atoms with Crippen molar-refractivity contribution in [2.45, 2.75) is 32.9 Å². The summed E-state index contributed by atoms with van der Waals surface area (Å²) in [7, 11) is 0. The van der Waals surface area contributed by atoms with E-state index in [0.29, 0.717) is 6.42 Å². The van der Waals surface area contributed by atoms with Crippen molar-refractivity contribution >= 4 is 28.2 Å². The summed E-state index contributed by atoms with van der Waals surface area (Å²) in [5.41, 5.74) is 16.3. The number of nitrogens with one attached hydrogen (secondary N) is 1.